The molecule has 0 radical (unpaired) electrons. The van der Waals surface area contributed by atoms with Gasteiger partial charge in [-0.3, -0.25) is 0 Å². The van der Waals surface area contributed by atoms with Gasteiger partial charge in [0.15, 0.2) is 0 Å². The molecule has 1 unspecified atom stereocenters. The van der Waals surface area contributed by atoms with Crippen molar-refractivity contribution < 1.29 is 24.2 Å². The van der Waals surface area contributed by atoms with Crippen molar-refractivity contribution in [3.63, 3.8) is 0 Å². The van der Waals surface area contributed by atoms with Crippen LogP contribution in [0.4, 0.5) is 0 Å². The summed E-state index contributed by atoms with van der Waals surface area (Å²) < 4.78 is 12.3. The van der Waals surface area contributed by atoms with Gasteiger partial charge in [-0.05, 0) is 80.9 Å². The van der Waals surface area contributed by atoms with Crippen LogP contribution >= 0.6 is 15.9 Å². The number of carboxylic acid groups (broad SMARTS) is 1. The van der Waals surface area contributed by atoms with Gasteiger partial charge >= 0.3 is 11.9 Å². The molecule has 1 N–H and O–H groups in total. The zero-order valence-corrected chi connectivity index (χ0v) is 24.8. The summed E-state index contributed by atoms with van der Waals surface area (Å²) in [4.78, 5) is 24.6. The second-order valence-electron chi connectivity index (χ2n) is 10.0. The van der Waals surface area contributed by atoms with E-state index in [2.05, 4.69) is 36.7 Å². The number of carbonyl (C=O) groups is 2. The SMILES string of the molecule is CCCCCCCCOC(=O)c1ccc(C(=O)O)c(-c2ccc(-c3ccc(OCC(C)CC)c(Br)c3)cc2)c1. The van der Waals surface area contributed by atoms with Crippen molar-refractivity contribution in [1.29, 1.82) is 0 Å². The Kier molecular flexibility index (Phi) is 12.1. The number of carbonyl (C=O) groups excluding carboxylic acids is 1. The number of hydrogen-bond donors (Lipinski definition) is 1. The Morgan fingerprint density at radius 2 is 1.51 bits per heavy atom. The molecule has 0 aliphatic carbocycles. The van der Waals surface area contributed by atoms with Crippen molar-refractivity contribution >= 4 is 27.9 Å². The first-order chi connectivity index (χ1) is 18.8. The third-order valence-electron chi connectivity index (χ3n) is 6.90. The molecular formula is C33H39BrO5. The van der Waals surface area contributed by atoms with Crippen molar-refractivity contribution in [2.75, 3.05) is 13.2 Å². The number of unbranched alkanes of at least 4 members (excludes halogenated alkanes) is 5. The van der Waals surface area contributed by atoms with Gasteiger partial charge in [-0.15, -0.1) is 0 Å². The van der Waals surface area contributed by atoms with Crippen LogP contribution in [-0.2, 0) is 4.74 Å². The summed E-state index contributed by atoms with van der Waals surface area (Å²) in [5, 5.41) is 9.77. The van der Waals surface area contributed by atoms with E-state index in [9.17, 15) is 14.7 Å². The molecular weight excluding hydrogens is 556 g/mol. The normalized spacial score (nSPS) is 11.7. The van der Waals surface area contributed by atoms with Gasteiger partial charge in [-0.25, -0.2) is 9.59 Å². The van der Waals surface area contributed by atoms with Crippen molar-refractivity contribution in [2.24, 2.45) is 5.92 Å². The predicted molar refractivity (Wildman–Crippen MR) is 161 cm³/mol. The minimum Gasteiger partial charge on any atom is -0.492 e. The molecule has 0 saturated heterocycles. The molecule has 0 amide bonds. The first-order valence-electron chi connectivity index (χ1n) is 13.9. The van der Waals surface area contributed by atoms with Gasteiger partial charge < -0.3 is 14.6 Å². The smallest absolute Gasteiger partial charge is 0.338 e. The van der Waals surface area contributed by atoms with Gasteiger partial charge in [-0.1, -0.05) is 89.6 Å². The summed E-state index contributed by atoms with van der Waals surface area (Å²) in [6.45, 7) is 7.53. The van der Waals surface area contributed by atoms with Gasteiger partial charge in [0.1, 0.15) is 5.75 Å². The third-order valence-corrected chi connectivity index (χ3v) is 7.52. The van der Waals surface area contributed by atoms with Crippen molar-refractivity contribution in [2.45, 2.75) is 65.7 Å². The van der Waals surface area contributed by atoms with E-state index in [0.29, 0.717) is 35.8 Å². The standard InChI is InChI=1S/C33H39BrO5/c1-4-6-7-8-9-10-19-38-33(37)27-15-17-28(32(35)36)29(20-27)25-13-11-24(12-14-25)26-16-18-31(30(34)21-26)39-22-23(3)5-2/h11-18,20-21,23H,4-10,19,22H2,1-3H3,(H,35,36). The first kappa shape index (κ1) is 30.4. The van der Waals surface area contributed by atoms with E-state index in [1.807, 2.05) is 42.5 Å². The molecule has 0 bridgehead atoms. The lowest BCUT2D eigenvalue weighted by Gasteiger charge is -2.14. The number of ether oxygens (including phenoxy) is 2. The Bertz CT molecular complexity index is 1240. The fourth-order valence-corrected chi connectivity index (χ4v) is 4.71. The fourth-order valence-electron chi connectivity index (χ4n) is 4.22. The molecule has 0 fully saturated rings. The molecule has 0 spiro atoms. The van der Waals surface area contributed by atoms with Crippen LogP contribution in [0.3, 0.4) is 0 Å². The largest absolute Gasteiger partial charge is 0.492 e. The van der Waals surface area contributed by atoms with Crippen LogP contribution < -0.4 is 4.74 Å². The fraction of sp³-hybridized carbons (Fsp3) is 0.394. The molecule has 6 heteroatoms. The minimum atomic E-state index is -1.04. The highest BCUT2D eigenvalue weighted by atomic mass is 79.9. The quantitative estimate of drug-likeness (QED) is 0.140. The number of esters is 1. The molecule has 208 valence electrons. The lowest BCUT2D eigenvalue weighted by atomic mass is 9.95. The second-order valence-corrected chi connectivity index (χ2v) is 10.9. The van der Waals surface area contributed by atoms with E-state index in [0.717, 1.165) is 47.0 Å². The Hall–Kier alpha value is -3.12. The minimum absolute atomic E-state index is 0.140. The molecule has 39 heavy (non-hydrogen) atoms. The molecule has 3 aromatic carbocycles. The van der Waals surface area contributed by atoms with Gasteiger partial charge in [0.2, 0.25) is 0 Å². The highest BCUT2D eigenvalue weighted by Crippen LogP contribution is 2.33. The molecule has 5 nitrogen and oxygen atoms in total. The van der Waals surface area contributed by atoms with E-state index in [-0.39, 0.29) is 5.56 Å². The number of rotatable bonds is 15. The summed E-state index contributed by atoms with van der Waals surface area (Å²) >= 11 is 3.62. The number of halogens is 1. The Morgan fingerprint density at radius 1 is 0.846 bits per heavy atom. The lowest BCUT2D eigenvalue weighted by Crippen LogP contribution is -2.08. The molecule has 3 aromatic rings. The topological polar surface area (TPSA) is 72.8 Å². The molecule has 0 aliphatic rings. The van der Waals surface area contributed by atoms with Crippen LogP contribution in [0.1, 0.15) is 86.4 Å². The zero-order chi connectivity index (χ0) is 28.2. The van der Waals surface area contributed by atoms with Gasteiger partial charge in [-0.2, -0.15) is 0 Å². The van der Waals surface area contributed by atoms with Gasteiger partial charge in [0, 0.05) is 0 Å². The van der Waals surface area contributed by atoms with Gasteiger partial charge in [0.25, 0.3) is 0 Å². The molecule has 0 saturated carbocycles. The molecule has 0 aliphatic heterocycles. The summed E-state index contributed by atoms with van der Waals surface area (Å²) in [5.41, 5.74) is 3.68. The van der Waals surface area contributed by atoms with E-state index < -0.39 is 11.9 Å². The summed E-state index contributed by atoms with van der Waals surface area (Å²) in [6, 6.07) is 18.3. The molecule has 0 aromatic heterocycles. The summed E-state index contributed by atoms with van der Waals surface area (Å²) in [5.74, 6) is -0.181. The monoisotopic (exact) mass is 594 g/mol. The van der Waals surface area contributed by atoms with Crippen LogP contribution in [0.15, 0.2) is 65.1 Å². The Morgan fingerprint density at radius 3 is 2.18 bits per heavy atom. The molecule has 0 heterocycles. The van der Waals surface area contributed by atoms with Crippen LogP contribution in [0.25, 0.3) is 22.3 Å². The zero-order valence-electron chi connectivity index (χ0n) is 23.2. The maximum absolute atomic E-state index is 12.7. The molecule has 1 atom stereocenters. The highest BCUT2D eigenvalue weighted by Gasteiger charge is 2.17. The first-order valence-corrected chi connectivity index (χ1v) is 14.7. The maximum Gasteiger partial charge on any atom is 0.338 e. The number of benzene rings is 3. The number of aromatic carboxylic acids is 1. The van der Waals surface area contributed by atoms with Crippen LogP contribution in [0.2, 0.25) is 0 Å². The van der Waals surface area contributed by atoms with Crippen molar-refractivity contribution in [3.05, 3.63) is 76.3 Å². The highest BCUT2D eigenvalue weighted by molar-refractivity contribution is 9.10. The number of hydrogen-bond acceptors (Lipinski definition) is 4. The Labute approximate surface area is 240 Å². The van der Waals surface area contributed by atoms with Crippen LogP contribution in [0, 0.1) is 5.92 Å². The van der Waals surface area contributed by atoms with Crippen molar-refractivity contribution in [3.8, 4) is 28.0 Å². The summed E-state index contributed by atoms with van der Waals surface area (Å²) in [6.07, 6.45) is 7.72. The number of carboxylic acids is 1. The van der Waals surface area contributed by atoms with Crippen molar-refractivity contribution in [1.82, 2.24) is 0 Å². The third kappa shape index (κ3) is 8.96. The maximum atomic E-state index is 12.7. The average Bonchev–Trinajstić information content (AvgIpc) is 2.95. The average molecular weight is 596 g/mol. The second kappa shape index (κ2) is 15.5. The van der Waals surface area contributed by atoms with E-state index in [1.165, 1.54) is 31.4 Å². The Balaban J connectivity index is 1.72. The van der Waals surface area contributed by atoms with Gasteiger partial charge in [0.05, 0.1) is 28.8 Å². The lowest BCUT2D eigenvalue weighted by molar-refractivity contribution is 0.0496. The van der Waals surface area contributed by atoms with E-state index in [4.69, 9.17) is 9.47 Å². The predicted octanol–water partition coefficient (Wildman–Crippen LogP) is 9.42. The van der Waals surface area contributed by atoms with Crippen LogP contribution in [-0.4, -0.2) is 30.3 Å². The van der Waals surface area contributed by atoms with Crippen LogP contribution in [0.5, 0.6) is 5.75 Å². The van der Waals surface area contributed by atoms with E-state index in [1.54, 1.807) is 6.07 Å². The molecule has 3 rings (SSSR count). The van der Waals surface area contributed by atoms with E-state index >= 15 is 0 Å². The summed E-state index contributed by atoms with van der Waals surface area (Å²) in [7, 11) is 0.